The number of phenols is 1. The fourth-order valence-corrected chi connectivity index (χ4v) is 3.75. The molecule has 216 valence electrons. The lowest BCUT2D eigenvalue weighted by molar-refractivity contribution is -0.142. The largest absolute Gasteiger partial charge is 0.508 e. The summed E-state index contributed by atoms with van der Waals surface area (Å²) in [5.41, 5.74) is 17.7. The molecule has 0 spiro atoms. The number of carboxylic acid groups (broad SMARTS) is 1. The van der Waals surface area contributed by atoms with Crippen molar-refractivity contribution in [3.8, 4) is 5.75 Å². The van der Waals surface area contributed by atoms with Crippen LogP contribution in [-0.4, -0.2) is 70.6 Å². The molecule has 40 heavy (non-hydrogen) atoms. The van der Waals surface area contributed by atoms with E-state index in [-0.39, 0.29) is 37.5 Å². The second-order valence-electron chi connectivity index (χ2n) is 9.32. The average molecular weight is 556 g/mol. The lowest BCUT2D eigenvalue weighted by atomic mass is 10.0. The highest BCUT2D eigenvalue weighted by atomic mass is 16.4. The normalized spacial score (nSPS) is 13.7. The maximum absolute atomic E-state index is 13.3. The van der Waals surface area contributed by atoms with Gasteiger partial charge in [-0.1, -0.05) is 42.5 Å². The van der Waals surface area contributed by atoms with Gasteiger partial charge in [-0.2, -0.15) is 0 Å². The number of hydrogen-bond acceptors (Lipinski definition) is 7. The van der Waals surface area contributed by atoms with Crippen LogP contribution < -0.4 is 33.2 Å². The lowest BCUT2D eigenvalue weighted by Gasteiger charge is -2.25. The Morgan fingerprint density at radius 2 is 1.32 bits per heavy atom. The van der Waals surface area contributed by atoms with E-state index >= 15 is 0 Å². The molecule has 11 N–H and O–H groups in total. The van der Waals surface area contributed by atoms with Gasteiger partial charge in [0.1, 0.15) is 23.9 Å². The Balaban J connectivity index is 2.23. The van der Waals surface area contributed by atoms with Gasteiger partial charge in [-0.15, -0.1) is 0 Å². The summed E-state index contributed by atoms with van der Waals surface area (Å²) in [5, 5.41) is 26.9. The van der Waals surface area contributed by atoms with Crippen LogP contribution in [0.4, 0.5) is 0 Å². The summed E-state index contributed by atoms with van der Waals surface area (Å²) in [6.07, 6.45) is 0.448. The van der Waals surface area contributed by atoms with Crippen LogP contribution >= 0.6 is 0 Å². The van der Waals surface area contributed by atoms with Crippen LogP contribution in [0.15, 0.2) is 59.6 Å². The second kappa shape index (κ2) is 15.7. The number of carbonyl (C=O) groups is 4. The fourth-order valence-electron chi connectivity index (χ4n) is 3.75. The van der Waals surface area contributed by atoms with E-state index in [0.29, 0.717) is 12.0 Å². The van der Waals surface area contributed by atoms with Crippen molar-refractivity contribution in [3.63, 3.8) is 0 Å². The van der Waals surface area contributed by atoms with E-state index < -0.39 is 47.9 Å². The Bertz CT molecular complexity index is 1170. The van der Waals surface area contributed by atoms with Gasteiger partial charge >= 0.3 is 5.97 Å². The molecule has 0 radical (unpaired) electrons. The molecule has 0 bridgehead atoms. The maximum atomic E-state index is 13.3. The summed E-state index contributed by atoms with van der Waals surface area (Å²) in [6.45, 7) is 1.65. The fraction of sp³-hybridized carbons (Fsp3) is 0.370. The van der Waals surface area contributed by atoms with E-state index in [4.69, 9.17) is 17.2 Å². The first-order chi connectivity index (χ1) is 19.0. The molecule has 0 aliphatic rings. The summed E-state index contributed by atoms with van der Waals surface area (Å²) >= 11 is 0. The Kier molecular flexibility index (Phi) is 12.4. The molecule has 0 saturated heterocycles. The molecule has 0 aromatic heterocycles. The zero-order valence-electron chi connectivity index (χ0n) is 22.2. The number of phenolic OH excluding ortho intramolecular Hbond substituents is 1. The average Bonchev–Trinajstić information content (AvgIpc) is 2.90. The third-order valence-corrected chi connectivity index (χ3v) is 5.90. The third-order valence-electron chi connectivity index (χ3n) is 5.90. The number of hydrogen-bond donors (Lipinski definition) is 8. The molecule has 0 saturated carbocycles. The van der Waals surface area contributed by atoms with Crippen molar-refractivity contribution in [2.24, 2.45) is 22.2 Å². The van der Waals surface area contributed by atoms with E-state index in [1.54, 1.807) is 36.4 Å². The molecular formula is C27H37N7O6. The molecule has 0 aliphatic heterocycles. The van der Waals surface area contributed by atoms with Gasteiger partial charge in [0.15, 0.2) is 5.96 Å². The van der Waals surface area contributed by atoms with Gasteiger partial charge in [0.25, 0.3) is 0 Å². The number of carbonyl (C=O) groups excluding carboxylic acids is 3. The van der Waals surface area contributed by atoms with Crippen molar-refractivity contribution in [3.05, 3.63) is 65.7 Å². The molecule has 13 heteroatoms. The van der Waals surface area contributed by atoms with E-state index in [2.05, 4.69) is 20.9 Å². The number of nitrogens with zero attached hydrogens (tertiary/aromatic N) is 1. The van der Waals surface area contributed by atoms with Crippen LogP contribution in [0.25, 0.3) is 0 Å². The van der Waals surface area contributed by atoms with E-state index in [9.17, 15) is 29.4 Å². The lowest BCUT2D eigenvalue weighted by Crippen LogP contribution is -2.57. The predicted octanol–water partition coefficient (Wildman–Crippen LogP) is -0.883. The van der Waals surface area contributed by atoms with Crippen LogP contribution in [0.3, 0.4) is 0 Å². The van der Waals surface area contributed by atoms with E-state index in [1.165, 1.54) is 19.1 Å². The van der Waals surface area contributed by atoms with Crippen LogP contribution in [-0.2, 0) is 32.0 Å². The zero-order valence-corrected chi connectivity index (χ0v) is 22.2. The minimum Gasteiger partial charge on any atom is -0.508 e. The molecule has 4 unspecified atom stereocenters. The summed E-state index contributed by atoms with van der Waals surface area (Å²) in [7, 11) is 0. The van der Waals surface area contributed by atoms with Gasteiger partial charge in [0.2, 0.25) is 17.7 Å². The van der Waals surface area contributed by atoms with Crippen molar-refractivity contribution >= 4 is 29.7 Å². The van der Waals surface area contributed by atoms with E-state index in [0.717, 1.165) is 5.56 Å². The highest BCUT2D eigenvalue weighted by Gasteiger charge is 2.30. The Morgan fingerprint density at radius 3 is 1.90 bits per heavy atom. The Morgan fingerprint density at radius 1 is 0.800 bits per heavy atom. The quantitative estimate of drug-likeness (QED) is 0.0772. The number of aliphatic imine (C=N–C) groups is 1. The maximum Gasteiger partial charge on any atom is 0.326 e. The third kappa shape index (κ3) is 11.0. The van der Waals surface area contributed by atoms with Crippen molar-refractivity contribution in [1.29, 1.82) is 0 Å². The smallest absolute Gasteiger partial charge is 0.326 e. The first-order valence-electron chi connectivity index (χ1n) is 12.7. The van der Waals surface area contributed by atoms with Gasteiger partial charge in [0, 0.05) is 19.4 Å². The van der Waals surface area contributed by atoms with Crippen LogP contribution in [0, 0.1) is 0 Å². The Labute approximate surface area is 232 Å². The minimum absolute atomic E-state index is 0.0180. The van der Waals surface area contributed by atoms with Gasteiger partial charge < -0.3 is 43.4 Å². The minimum atomic E-state index is -1.31. The summed E-state index contributed by atoms with van der Waals surface area (Å²) < 4.78 is 0. The zero-order chi connectivity index (χ0) is 29.7. The van der Waals surface area contributed by atoms with Crippen molar-refractivity contribution in [2.45, 2.75) is 56.8 Å². The number of amides is 3. The number of benzene rings is 2. The SMILES string of the molecule is CC(N)C(=O)NC(Cc1ccccc1)C(=O)NC(CCCN=C(N)N)C(=O)NC(Cc1ccc(O)cc1)C(=O)O. The number of rotatable bonds is 15. The molecule has 0 heterocycles. The summed E-state index contributed by atoms with van der Waals surface area (Å²) in [4.78, 5) is 54.8. The molecule has 0 fully saturated rings. The highest BCUT2D eigenvalue weighted by Crippen LogP contribution is 2.12. The first-order valence-corrected chi connectivity index (χ1v) is 12.7. The van der Waals surface area contributed by atoms with E-state index in [1.807, 2.05) is 6.07 Å². The molecule has 0 aliphatic carbocycles. The topological polar surface area (TPSA) is 235 Å². The number of carboxylic acids is 1. The van der Waals surface area contributed by atoms with Crippen molar-refractivity contribution in [1.82, 2.24) is 16.0 Å². The second-order valence-corrected chi connectivity index (χ2v) is 9.32. The van der Waals surface area contributed by atoms with Gasteiger partial charge in [-0.25, -0.2) is 4.79 Å². The molecule has 13 nitrogen and oxygen atoms in total. The van der Waals surface area contributed by atoms with Gasteiger partial charge in [-0.05, 0) is 43.0 Å². The number of aromatic hydroxyl groups is 1. The predicted molar refractivity (Wildman–Crippen MR) is 149 cm³/mol. The molecular weight excluding hydrogens is 518 g/mol. The number of nitrogens with two attached hydrogens (primary N) is 3. The van der Waals surface area contributed by atoms with Gasteiger partial charge in [0.05, 0.1) is 6.04 Å². The van der Waals surface area contributed by atoms with Crippen molar-refractivity contribution < 1.29 is 29.4 Å². The number of nitrogens with one attached hydrogen (secondary N) is 3. The molecule has 3 amide bonds. The van der Waals surface area contributed by atoms with Crippen LogP contribution in [0.5, 0.6) is 5.75 Å². The monoisotopic (exact) mass is 555 g/mol. The Hall–Kier alpha value is -4.65. The number of aliphatic carboxylic acids is 1. The van der Waals surface area contributed by atoms with Crippen LogP contribution in [0.1, 0.15) is 30.9 Å². The first kappa shape index (κ1) is 31.6. The van der Waals surface area contributed by atoms with Crippen LogP contribution in [0.2, 0.25) is 0 Å². The number of guanidine groups is 1. The molecule has 2 aromatic carbocycles. The molecule has 2 rings (SSSR count). The van der Waals surface area contributed by atoms with Gasteiger partial charge in [-0.3, -0.25) is 19.4 Å². The molecule has 4 atom stereocenters. The summed E-state index contributed by atoms with van der Waals surface area (Å²) in [5.74, 6) is -3.33. The standard InChI is InChI=1S/C27H37N7O6/c1-16(28)23(36)33-21(14-17-6-3-2-4-7-17)25(38)32-20(8-5-13-31-27(29)30)24(37)34-22(26(39)40)15-18-9-11-19(35)12-10-18/h2-4,6-7,9-12,16,20-22,35H,5,8,13-15,28H2,1H3,(H,32,38)(H,33,36)(H,34,37)(H,39,40)(H4,29,30,31). The summed E-state index contributed by atoms with van der Waals surface area (Å²) in [6, 6.07) is 10.5. The molecule has 2 aromatic rings. The van der Waals surface area contributed by atoms with Crippen molar-refractivity contribution in [2.75, 3.05) is 6.54 Å². The highest BCUT2D eigenvalue weighted by molar-refractivity contribution is 5.94.